The van der Waals surface area contributed by atoms with Crippen molar-refractivity contribution in [2.45, 2.75) is 134 Å². The van der Waals surface area contributed by atoms with E-state index >= 15 is 0 Å². The van der Waals surface area contributed by atoms with E-state index in [0.717, 1.165) is 50.5 Å². The van der Waals surface area contributed by atoms with E-state index in [9.17, 15) is 20.1 Å². The van der Waals surface area contributed by atoms with Crippen molar-refractivity contribution in [2.24, 2.45) is 40.4 Å². The highest BCUT2D eigenvalue weighted by Gasteiger charge is 2.74. The number of aliphatic hydroxyl groups is 3. The third-order valence-electron chi connectivity index (χ3n) is 13.0. The molecule has 0 aromatic rings. The normalized spacial score (nSPS) is 54.0. The van der Waals surface area contributed by atoms with E-state index in [-0.39, 0.29) is 47.1 Å². The van der Waals surface area contributed by atoms with Gasteiger partial charge in [0, 0.05) is 17.9 Å². The number of carbonyl (C=O) groups excluding carboxylic acids is 1. The van der Waals surface area contributed by atoms with Crippen LogP contribution in [0.4, 0.5) is 0 Å². The molecule has 12 atom stereocenters. The lowest BCUT2D eigenvalue weighted by atomic mass is 9.45. The summed E-state index contributed by atoms with van der Waals surface area (Å²) in [6, 6.07) is 0. The Bertz CT molecular complexity index is 1020. The van der Waals surface area contributed by atoms with Crippen molar-refractivity contribution in [1.82, 2.24) is 0 Å². The van der Waals surface area contributed by atoms with Crippen LogP contribution in [-0.4, -0.2) is 62.8 Å². The quantitative estimate of drug-likeness (QED) is 0.460. The number of ether oxygens (including phenoxy) is 2. The van der Waals surface area contributed by atoms with E-state index in [2.05, 4.69) is 20.8 Å². The van der Waals surface area contributed by atoms with E-state index in [0.29, 0.717) is 25.4 Å². The zero-order valence-electron chi connectivity index (χ0n) is 24.3. The lowest BCUT2D eigenvalue weighted by molar-refractivity contribution is -0.193. The first kappa shape index (κ1) is 27.4. The van der Waals surface area contributed by atoms with Gasteiger partial charge in [0.05, 0.1) is 17.3 Å². The molecule has 3 N–H and O–H groups in total. The topological polar surface area (TPSA) is 99.5 Å². The molecule has 0 bridgehead atoms. The summed E-state index contributed by atoms with van der Waals surface area (Å²) in [5, 5.41) is 34.4. The van der Waals surface area contributed by atoms with Crippen molar-refractivity contribution in [3.05, 3.63) is 11.6 Å². The third kappa shape index (κ3) is 3.52. The summed E-state index contributed by atoms with van der Waals surface area (Å²) in [7, 11) is 0. The second kappa shape index (κ2) is 8.61. The summed E-state index contributed by atoms with van der Waals surface area (Å²) in [5.41, 5.74) is -2.23. The maximum absolute atomic E-state index is 13.5. The number of hydrogen-bond donors (Lipinski definition) is 3. The van der Waals surface area contributed by atoms with E-state index in [1.165, 1.54) is 0 Å². The molecule has 4 aliphatic carbocycles. The summed E-state index contributed by atoms with van der Waals surface area (Å²) in [5.74, 6) is 0.727. The van der Waals surface area contributed by atoms with Crippen molar-refractivity contribution < 1.29 is 29.6 Å². The Labute approximate surface area is 228 Å². The van der Waals surface area contributed by atoms with Gasteiger partial charge in [0.1, 0.15) is 17.8 Å². The molecule has 2 saturated heterocycles. The third-order valence-corrected chi connectivity index (χ3v) is 13.0. The molecule has 0 aromatic heterocycles. The number of rotatable bonds is 4. The van der Waals surface area contributed by atoms with Crippen LogP contribution < -0.4 is 0 Å². The van der Waals surface area contributed by atoms with E-state index in [1.807, 2.05) is 20.8 Å². The highest BCUT2D eigenvalue weighted by atomic mass is 16.6. The lowest BCUT2D eigenvalue weighted by Gasteiger charge is -2.61. The van der Waals surface area contributed by atoms with Crippen molar-refractivity contribution in [3.8, 4) is 0 Å². The average molecular weight is 531 g/mol. The lowest BCUT2D eigenvalue weighted by Crippen LogP contribution is -2.63. The largest absolute Gasteiger partial charge is 0.393 e. The van der Waals surface area contributed by atoms with Crippen LogP contribution in [0.25, 0.3) is 0 Å². The van der Waals surface area contributed by atoms with Crippen LogP contribution >= 0.6 is 0 Å². The number of hydrogen-bond acceptors (Lipinski definition) is 6. The summed E-state index contributed by atoms with van der Waals surface area (Å²) in [6.45, 7) is 13.4. The van der Waals surface area contributed by atoms with Gasteiger partial charge in [-0.1, -0.05) is 34.6 Å². The van der Waals surface area contributed by atoms with Crippen molar-refractivity contribution >= 4 is 5.78 Å². The first-order valence-corrected chi connectivity index (χ1v) is 15.4. The molecule has 5 fully saturated rings. The molecule has 6 nitrogen and oxygen atoms in total. The van der Waals surface area contributed by atoms with Gasteiger partial charge in [-0.3, -0.25) is 4.79 Å². The highest BCUT2D eigenvalue weighted by molar-refractivity contribution is 5.95. The number of epoxide rings is 1. The SMILES string of the molecule is CC1CCOC(C2OC2C(C)(O)C(C)C)(C2CCC3(O)C4=CC(=O)C5CC(O)CCC5(C)C4CCC23C)C1. The van der Waals surface area contributed by atoms with Gasteiger partial charge < -0.3 is 24.8 Å². The Morgan fingerprint density at radius 1 is 1.08 bits per heavy atom. The molecule has 214 valence electrons. The van der Waals surface area contributed by atoms with Gasteiger partial charge in [-0.05, 0) is 105 Å². The molecule has 2 aliphatic heterocycles. The van der Waals surface area contributed by atoms with Crippen LogP contribution in [0.15, 0.2) is 11.6 Å². The molecule has 0 amide bonds. The summed E-state index contributed by atoms with van der Waals surface area (Å²) < 4.78 is 13.2. The molecule has 0 radical (unpaired) electrons. The average Bonchev–Trinajstić information content (AvgIpc) is 3.61. The van der Waals surface area contributed by atoms with Gasteiger partial charge in [-0.15, -0.1) is 0 Å². The summed E-state index contributed by atoms with van der Waals surface area (Å²) in [4.78, 5) is 13.5. The molecular weight excluding hydrogens is 480 g/mol. The number of allylic oxidation sites excluding steroid dienone is 1. The second-order valence-corrected chi connectivity index (χ2v) is 15.2. The van der Waals surface area contributed by atoms with Gasteiger partial charge in [-0.2, -0.15) is 0 Å². The maximum Gasteiger partial charge on any atom is 0.159 e. The van der Waals surface area contributed by atoms with Crippen LogP contribution in [0.3, 0.4) is 0 Å². The maximum atomic E-state index is 13.5. The van der Waals surface area contributed by atoms with Gasteiger partial charge in [-0.25, -0.2) is 0 Å². The second-order valence-electron chi connectivity index (χ2n) is 15.2. The fourth-order valence-corrected chi connectivity index (χ4v) is 10.2. The van der Waals surface area contributed by atoms with Gasteiger partial charge in [0.2, 0.25) is 0 Å². The fourth-order valence-electron chi connectivity index (χ4n) is 10.2. The molecule has 0 spiro atoms. The molecule has 6 heteroatoms. The van der Waals surface area contributed by atoms with Crippen molar-refractivity contribution in [3.63, 3.8) is 0 Å². The Morgan fingerprint density at radius 2 is 1.82 bits per heavy atom. The van der Waals surface area contributed by atoms with Crippen LogP contribution in [-0.2, 0) is 14.3 Å². The molecule has 6 aliphatic rings. The number of carbonyl (C=O) groups is 1. The Morgan fingerprint density at radius 3 is 2.50 bits per heavy atom. The standard InChI is InChI=1S/C32H50O6/c1-18(2)30(6,35)26-27(38-26)31(17-19(3)10-14-37-31)25-9-13-32(36)22-16-24(34)23-15-20(33)7-11-28(23,4)21(22)8-12-29(25,32)5/h16,18-21,23,25-27,33,35-36H,7-15,17H2,1-6H3. The van der Waals surface area contributed by atoms with Crippen LogP contribution in [0.2, 0.25) is 0 Å². The molecule has 6 rings (SSSR count). The summed E-state index contributed by atoms with van der Waals surface area (Å²) >= 11 is 0. The van der Waals surface area contributed by atoms with E-state index in [1.54, 1.807) is 6.08 Å². The molecule has 3 saturated carbocycles. The predicted octanol–water partition coefficient (Wildman–Crippen LogP) is 4.58. The van der Waals surface area contributed by atoms with Gasteiger partial charge in [0.25, 0.3) is 0 Å². The molecule has 0 aromatic carbocycles. The van der Waals surface area contributed by atoms with E-state index < -0.39 is 28.3 Å². The minimum Gasteiger partial charge on any atom is -0.393 e. The predicted molar refractivity (Wildman–Crippen MR) is 144 cm³/mol. The van der Waals surface area contributed by atoms with Crippen LogP contribution in [0, 0.1) is 40.4 Å². The minimum atomic E-state index is -1.05. The zero-order valence-corrected chi connectivity index (χ0v) is 24.3. The Hall–Kier alpha value is -0.790. The fraction of sp³-hybridized carbons (Fsp3) is 0.906. The number of ketones is 1. The number of fused-ring (bicyclic) bond motifs is 5. The van der Waals surface area contributed by atoms with Crippen LogP contribution in [0.5, 0.6) is 0 Å². The smallest absolute Gasteiger partial charge is 0.159 e. The van der Waals surface area contributed by atoms with Crippen LogP contribution in [0.1, 0.15) is 99.3 Å². The minimum absolute atomic E-state index is 0.0585. The first-order chi connectivity index (χ1) is 17.7. The number of aliphatic hydroxyl groups excluding tert-OH is 1. The molecular formula is C32H50O6. The Kier molecular flexibility index (Phi) is 6.20. The monoisotopic (exact) mass is 530 g/mol. The van der Waals surface area contributed by atoms with Crippen molar-refractivity contribution in [1.29, 1.82) is 0 Å². The van der Waals surface area contributed by atoms with Gasteiger partial charge in [0.15, 0.2) is 5.78 Å². The molecule has 2 heterocycles. The molecule has 38 heavy (non-hydrogen) atoms. The molecule has 12 unspecified atom stereocenters. The van der Waals surface area contributed by atoms with Gasteiger partial charge >= 0.3 is 0 Å². The first-order valence-electron chi connectivity index (χ1n) is 15.4. The zero-order chi connectivity index (χ0) is 27.5. The van der Waals surface area contributed by atoms with Crippen molar-refractivity contribution in [2.75, 3.05) is 6.61 Å². The highest BCUT2D eigenvalue weighted by Crippen LogP contribution is 2.70. The Balaban J connectivity index is 1.38. The summed E-state index contributed by atoms with van der Waals surface area (Å²) in [6.07, 6.45) is 8.20. The van der Waals surface area contributed by atoms with E-state index in [4.69, 9.17) is 9.47 Å².